The second-order valence-electron chi connectivity index (χ2n) is 5.15. The Bertz CT molecular complexity index is 628. The maximum Gasteiger partial charge on any atom is 0.270 e. The molecule has 1 amide bonds. The standard InChI is InChI=1S/C17H22N4O/c1-3-4-10-18-17-19-11-9-15(21-17)16(22)20-12-14-8-6-5-7-13(14)2/h5-9,11H,3-4,10,12H2,1-2H3,(H,20,22)(H,18,19,21). The number of hydrogen-bond donors (Lipinski definition) is 2. The van der Waals surface area contributed by atoms with E-state index >= 15 is 0 Å². The smallest absolute Gasteiger partial charge is 0.270 e. The molecule has 2 aromatic rings. The highest BCUT2D eigenvalue weighted by molar-refractivity contribution is 5.92. The molecule has 1 aromatic carbocycles. The molecule has 1 aromatic heterocycles. The molecule has 0 fully saturated rings. The van der Waals surface area contributed by atoms with Gasteiger partial charge in [-0.25, -0.2) is 9.97 Å². The second kappa shape index (κ2) is 8.12. The Labute approximate surface area is 131 Å². The molecule has 2 N–H and O–H groups in total. The van der Waals surface area contributed by atoms with Gasteiger partial charge in [0, 0.05) is 19.3 Å². The highest BCUT2D eigenvalue weighted by Crippen LogP contribution is 2.07. The molecule has 0 atom stereocenters. The van der Waals surface area contributed by atoms with Crippen LogP contribution in [0.4, 0.5) is 5.95 Å². The number of aromatic nitrogens is 2. The Morgan fingerprint density at radius 2 is 2.05 bits per heavy atom. The topological polar surface area (TPSA) is 66.9 Å². The van der Waals surface area contributed by atoms with E-state index < -0.39 is 0 Å². The van der Waals surface area contributed by atoms with Crippen molar-refractivity contribution < 1.29 is 4.79 Å². The summed E-state index contributed by atoms with van der Waals surface area (Å²) in [6.07, 6.45) is 3.75. The van der Waals surface area contributed by atoms with E-state index in [-0.39, 0.29) is 5.91 Å². The first kappa shape index (κ1) is 15.9. The third kappa shape index (κ3) is 4.55. The summed E-state index contributed by atoms with van der Waals surface area (Å²) in [5.74, 6) is 0.307. The molecule has 5 nitrogen and oxygen atoms in total. The van der Waals surface area contributed by atoms with Crippen LogP contribution in [0.1, 0.15) is 41.4 Å². The van der Waals surface area contributed by atoms with E-state index in [0.29, 0.717) is 18.2 Å². The van der Waals surface area contributed by atoms with Gasteiger partial charge in [0.15, 0.2) is 0 Å². The number of unbranched alkanes of at least 4 members (excludes halogenated alkanes) is 1. The molecule has 116 valence electrons. The van der Waals surface area contributed by atoms with Gasteiger partial charge in [0.25, 0.3) is 5.91 Å². The summed E-state index contributed by atoms with van der Waals surface area (Å²) >= 11 is 0. The second-order valence-corrected chi connectivity index (χ2v) is 5.15. The molecule has 0 aliphatic carbocycles. The van der Waals surface area contributed by atoms with Gasteiger partial charge in [0.2, 0.25) is 5.95 Å². The van der Waals surface area contributed by atoms with Crippen molar-refractivity contribution in [3.8, 4) is 0 Å². The van der Waals surface area contributed by atoms with Crippen LogP contribution in [0.15, 0.2) is 36.5 Å². The zero-order chi connectivity index (χ0) is 15.8. The Morgan fingerprint density at radius 1 is 1.23 bits per heavy atom. The summed E-state index contributed by atoms with van der Waals surface area (Å²) in [7, 11) is 0. The molecule has 0 aliphatic rings. The van der Waals surface area contributed by atoms with Gasteiger partial charge in [-0.05, 0) is 30.5 Å². The van der Waals surface area contributed by atoms with Gasteiger partial charge in [-0.15, -0.1) is 0 Å². The first-order valence-electron chi connectivity index (χ1n) is 7.60. The molecule has 0 saturated carbocycles. The summed E-state index contributed by atoms with van der Waals surface area (Å²) in [5, 5.41) is 6.02. The Morgan fingerprint density at radius 3 is 2.82 bits per heavy atom. The lowest BCUT2D eigenvalue weighted by Gasteiger charge is -2.08. The van der Waals surface area contributed by atoms with E-state index in [0.717, 1.165) is 30.5 Å². The fourth-order valence-corrected chi connectivity index (χ4v) is 2.02. The largest absolute Gasteiger partial charge is 0.354 e. The molecule has 0 spiro atoms. The van der Waals surface area contributed by atoms with Crippen molar-refractivity contribution in [1.29, 1.82) is 0 Å². The van der Waals surface area contributed by atoms with Gasteiger partial charge in [0.05, 0.1) is 0 Å². The Kier molecular flexibility index (Phi) is 5.89. The molecule has 1 heterocycles. The van der Waals surface area contributed by atoms with Gasteiger partial charge in [0.1, 0.15) is 5.69 Å². The number of nitrogens with zero attached hydrogens (tertiary/aromatic N) is 2. The number of anilines is 1. The minimum atomic E-state index is -0.191. The molecule has 0 radical (unpaired) electrons. The summed E-state index contributed by atoms with van der Waals surface area (Å²) in [5.41, 5.74) is 2.64. The maximum absolute atomic E-state index is 12.2. The fourth-order valence-electron chi connectivity index (χ4n) is 2.02. The number of carbonyl (C=O) groups excluding carboxylic acids is 1. The molecular weight excluding hydrogens is 276 g/mol. The normalized spacial score (nSPS) is 10.3. The lowest BCUT2D eigenvalue weighted by atomic mass is 10.1. The number of carbonyl (C=O) groups is 1. The predicted molar refractivity (Wildman–Crippen MR) is 87.8 cm³/mol. The average Bonchev–Trinajstić information content (AvgIpc) is 2.54. The van der Waals surface area contributed by atoms with Gasteiger partial charge < -0.3 is 10.6 Å². The first-order chi connectivity index (χ1) is 10.7. The van der Waals surface area contributed by atoms with Crippen LogP contribution in [0, 0.1) is 6.92 Å². The van der Waals surface area contributed by atoms with E-state index in [9.17, 15) is 4.79 Å². The predicted octanol–water partition coefficient (Wildman–Crippen LogP) is 2.93. The molecular formula is C17H22N4O. The Hall–Kier alpha value is -2.43. The lowest BCUT2D eigenvalue weighted by molar-refractivity contribution is 0.0946. The first-order valence-corrected chi connectivity index (χ1v) is 7.60. The molecule has 0 bridgehead atoms. The number of aryl methyl sites for hydroxylation is 1. The fraction of sp³-hybridized carbons (Fsp3) is 0.353. The number of rotatable bonds is 7. The highest BCUT2D eigenvalue weighted by Gasteiger charge is 2.09. The summed E-state index contributed by atoms with van der Waals surface area (Å²) < 4.78 is 0. The van der Waals surface area contributed by atoms with Gasteiger partial charge in [-0.3, -0.25) is 4.79 Å². The Balaban J connectivity index is 1.95. The van der Waals surface area contributed by atoms with Crippen molar-refractivity contribution in [3.63, 3.8) is 0 Å². The van der Waals surface area contributed by atoms with Crippen LogP contribution in [0.25, 0.3) is 0 Å². The van der Waals surface area contributed by atoms with E-state index in [1.165, 1.54) is 0 Å². The number of nitrogens with one attached hydrogen (secondary N) is 2. The average molecular weight is 298 g/mol. The molecule has 22 heavy (non-hydrogen) atoms. The van der Waals surface area contributed by atoms with Gasteiger partial charge >= 0.3 is 0 Å². The van der Waals surface area contributed by atoms with Crippen molar-refractivity contribution in [3.05, 3.63) is 53.3 Å². The third-order valence-corrected chi connectivity index (χ3v) is 3.40. The monoisotopic (exact) mass is 298 g/mol. The van der Waals surface area contributed by atoms with E-state index in [2.05, 4.69) is 27.5 Å². The lowest BCUT2D eigenvalue weighted by Crippen LogP contribution is -2.24. The summed E-state index contributed by atoms with van der Waals surface area (Å²) in [4.78, 5) is 20.6. The van der Waals surface area contributed by atoms with Gasteiger partial charge in [-0.1, -0.05) is 37.6 Å². The SMILES string of the molecule is CCCCNc1nccc(C(=O)NCc2ccccc2C)n1. The minimum absolute atomic E-state index is 0.191. The van der Waals surface area contributed by atoms with E-state index in [1.54, 1.807) is 12.3 Å². The quantitative estimate of drug-likeness (QED) is 0.771. The van der Waals surface area contributed by atoms with Crippen LogP contribution in [0.3, 0.4) is 0 Å². The van der Waals surface area contributed by atoms with Crippen molar-refractivity contribution in [2.24, 2.45) is 0 Å². The summed E-state index contributed by atoms with van der Waals surface area (Å²) in [6.45, 7) is 5.46. The minimum Gasteiger partial charge on any atom is -0.354 e. The third-order valence-electron chi connectivity index (χ3n) is 3.40. The molecule has 0 saturated heterocycles. The highest BCUT2D eigenvalue weighted by atomic mass is 16.1. The maximum atomic E-state index is 12.2. The zero-order valence-electron chi connectivity index (χ0n) is 13.1. The molecule has 5 heteroatoms. The van der Waals surface area contributed by atoms with Crippen LogP contribution < -0.4 is 10.6 Å². The van der Waals surface area contributed by atoms with Gasteiger partial charge in [-0.2, -0.15) is 0 Å². The van der Waals surface area contributed by atoms with Crippen molar-refractivity contribution in [2.75, 3.05) is 11.9 Å². The number of hydrogen-bond acceptors (Lipinski definition) is 4. The number of benzene rings is 1. The van der Waals surface area contributed by atoms with Crippen molar-refractivity contribution in [1.82, 2.24) is 15.3 Å². The molecule has 0 unspecified atom stereocenters. The van der Waals surface area contributed by atoms with E-state index in [1.807, 2.05) is 31.2 Å². The zero-order valence-corrected chi connectivity index (χ0v) is 13.1. The van der Waals surface area contributed by atoms with Crippen LogP contribution >= 0.6 is 0 Å². The van der Waals surface area contributed by atoms with Crippen LogP contribution in [0.5, 0.6) is 0 Å². The van der Waals surface area contributed by atoms with E-state index in [4.69, 9.17) is 0 Å². The van der Waals surface area contributed by atoms with Crippen LogP contribution in [0.2, 0.25) is 0 Å². The van der Waals surface area contributed by atoms with Crippen LogP contribution in [-0.2, 0) is 6.54 Å². The molecule has 2 rings (SSSR count). The summed E-state index contributed by atoms with van der Waals surface area (Å²) in [6, 6.07) is 9.61. The molecule has 0 aliphatic heterocycles. The van der Waals surface area contributed by atoms with Crippen LogP contribution in [-0.4, -0.2) is 22.4 Å². The van der Waals surface area contributed by atoms with Crippen molar-refractivity contribution >= 4 is 11.9 Å². The van der Waals surface area contributed by atoms with Crippen molar-refractivity contribution in [2.45, 2.75) is 33.2 Å². The number of amides is 1.